The zero-order valence-corrected chi connectivity index (χ0v) is 21.5. The second kappa shape index (κ2) is 10.4. The molecule has 0 spiro atoms. The number of rotatable bonds is 8. The standard InChI is InChI=1S/C29H37FN2O3/c1-19(7-6-8-20-9-11-22(30)12-10-20)21-15-25(34-5)28-23-17-32(18-27(33)31-4)14-13-24(23)29(2,3)35-26(28)16-21/h9-12,15-16,19H,6-8,13-14,17-18H2,1-5H3,(H,31,33). The number of benzene rings is 2. The Labute approximate surface area is 208 Å². The van der Waals surface area contributed by atoms with Crippen molar-refractivity contribution in [2.24, 2.45) is 0 Å². The van der Waals surface area contributed by atoms with Gasteiger partial charge in [0.25, 0.3) is 0 Å². The average molecular weight is 481 g/mol. The predicted octanol–water partition coefficient (Wildman–Crippen LogP) is 5.34. The van der Waals surface area contributed by atoms with Crippen LogP contribution in [-0.4, -0.2) is 50.2 Å². The molecule has 2 aliphatic heterocycles. The van der Waals surface area contributed by atoms with Crippen molar-refractivity contribution in [1.29, 1.82) is 0 Å². The Hall–Kier alpha value is -2.86. The molecule has 1 atom stereocenters. The number of halogens is 1. The van der Waals surface area contributed by atoms with Gasteiger partial charge in [0.1, 0.15) is 22.9 Å². The number of nitrogens with zero attached hydrogens (tertiary/aromatic N) is 1. The smallest absolute Gasteiger partial charge is 0.233 e. The van der Waals surface area contributed by atoms with E-state index in [1.165, 1.54) is 28.8 Å². The Morgan fingerprint density at radius 1 is 1.26 bits per heavy atom. The first-order valence-corrected chi connectivity index (χ1v) is 12.5. The molecule has 35 heavy (non-hydrogen) atoms. The third kappa shape index (κ3) is 5.53. The minimum absolute atomic E-state index is 0.0253. The van der Waals surface area contributed by atoms with Gasteiger partial charge in [0.15, 0.2) is 0 Å². The summed E-state index contributed by atoms with van der Waals surface area (Å²) in [7, 11) is 3.39. The van der Waals surface area contributed by atoms with Crippen LogP contribution in [0.2, 0.25) is 0 Å². The SMILES string of the molecule is CNC(=O)CN1CCC2=C(C1)c1c(OC)cc(C(C)CCCc3ccc(F)cc3)cc1OC2(C)C. The van der Waals surface area contributed by atoms with Crippen molar-refractivity contribution in [3.8, 4) is 11.5 Å². The van der Waals surface area contributed by atoms with Gasteiger partial charge in [-0.25, -0.2) is 4.39 Å². The van der Waals surface area contributed by atoms with Crippen molar-refractivity contribution in [3.63, 3.8) is 0 Å². The van der Waals surface area contributed by atoms with E-state index in [1.54, 1.807) is 14.2 Å². The number of carbonyl (C=O) groups is 1. The van der Waals surface area contributed by atoms with E-state index in [0.29, 0.717) is 19.0 Å². The van der Waals surface area contributed by atoms with Gasteiger partial charge in [-0.15, -0.1) is 0 Å². The molecule has 0 bridgehead atoms. The fourth-order valence-electron chi connectivity index (χ4n) is 5.33. The summed E-state index contributed by atoms with van der Waals surface area (Å²) in [4.78, 5) is 14.2. The topological polar surface area (TPSA) is 50.8 Å². The maximum absolute atomic E-state index is 13.2. The number of aryl methyl sites for hydroxylation is 1. The van der Waals surface area contributed by atoms with Gasteiger partial charge in [-0.2, -0.15) is 0 Å². The molecule has 4 rings (SSSR count). The zero-order chi connectivity index (χ0) is 25.2. The minimum atomic E-state index is -0.406. The number of ether oxygens (including phenoxy) is 2. The quantitative estimate of drug-likeness (QED) is 0.554. The van der Waals surface area contributed by atoms with Crippen molar-refractivity contribution in [3.05, 3.63) is 64.5 Å². The first-order valence-electron chi connectivity index (χ1n) is 12.5. The van der Waals surface area contributed by atoms with E-state index in [-0.39, 0.29) is 11.7 Å². The van der Waals surface area contributed by atoms with Crippen molar-refractivity contribution in [2.75, 3.05) is 33.8 Å². The van der Waals surface area contributed by atoms with Crippen molar-refractivity contribution >= 4 is 11.5 Å². The molecule has 2 aromatic rings. The summed E-state index contributed by atoms with van der Waals surface area (Å²) in [6.07, 6.45) is 3.82. The first kappa shape index (κ1) is 25.2. The van der Waals surface area contributed by atoms with Crippen LogP contribution < -0.4 is 14.8 Å². The lowest BCUT2D eigenvalue weighted by Gasteiger charge is -2.42. The summed E-state index contributed by atoms with van der Waals surface area (Å²) in [5.41, 5.74) is 5.47. The van der Waals surface area contributed by atoms with Crippen LogP contribution in [0, 0.1) is 5.82 Å². The minimum Gasteiger partial charge on any atom is -0.496 e. The second-order valence-corrected chi connectivity index (χ2v) is 10.2. The van der Waals surface area contributed by atoms with Crippen molar-refractivity contribution < 1.29 is 18.7 Å². The van der Waals surface area contributed by atoms with E-state index >= 15 is 0 Å². The first-order chi connectivity index (χ1) is 16.7. The molecule has 5 nitrogen and oxygen atoms in total. The molecule has 0 saturated carbocycles. The van der Waals surface area contributed by atoms with Crippen LogP contribution >= 0.6 is 0 Å². The van der Waals surface area contributed by atoms with Crippen LogP contribution in [0.5, 0.6) is 11.5 Å². The monoisotopic (exact) mass is 480 g/mol. The zero-order valence-electron chi connectivity index (χ0n) is 21.5. The number of methoxy groups -OCH3 is 1. The molecular weight excluding hydrogens is 443 g/mol. The van der Waals surface area contributed by atoms with E-state index in [2.05, 4.69) is 43.1 Å². The van der Waals surface area contributed by atoms with Crippen LogP contribution in [0.4, 0.5) is 4.39 Å². The highest BCUT2D eigenvalue weighted by molar-refractivity contribution is 5.83. The number of fused-ring (bicyclic) bond motifs is 2. The molecule has 1 amide bonds. The fraction of sp³-hybridized carbons (Fsp3) is 0.483. The average Bonchev–Trinajstić information content (AvgIpc) is 2.83. The molecule has 1 N–H and O–H groups in total. The molecule has 0 aromatic heterocycles. The van der Waals surface area contributed by atoms with Gasteiger partial charge in [0, 0.05) is 20.1 Å². The maximum atomic E-state index is 13.2. The van der Waals surface area contributed by atoms with Crippen LogP contribution in [0.3, 0.4) is 0 Å². The largest absolute Gasteiger partial charge is 0.496 e. The lowest BCUT2D eigenvalue weighted by Crippen LogP contribution is -2.44. The Morgan fingerprint density at radius 2 is 2.00 bits per heavy atom. The highest BCUT2D eigenvalue weighted by Crippen LogP contribution is 2.49. The fourth-order valence-corrected chi connectivity index (χ4v) is 5.33. The Bertz CT molecular complexity index is 1110. The molecule has 0 saturated heterocycles. The van der Waals surface area contributed by atoms with E-state index in [0.717, 1.165) is 54.9 Å². The normalized spacial score (nSPS) is 17.8. The molecule has 188 valence electrons. The summed E-state index contributed by atoms with van der Waals surface area (Å²) in [5, 5.41) is 2.73. The second-order valence-electron chi connectivity index (χ2n) is 10.2. The lowest BCUT2D eigenvalue weighted by atomic mass is 9.80. The summed E-state index contributed by atoms with van der Waals surface area (Å²) in [5.74, 6) is 1.84. The van der Waals surface area contributed by atoms with Crippen molar-refractivity contribution in [2.45, 2.75) is 58.0 Å². The highest BCUT2D eigenvalue weighted by Gasteiger charge is 2.39. The van der Waals surface area contributed by atoms with Gasteiger partial charge >= 0.3 is 0 Å². The molecule has 0 fully saturated rings. The van der Waals surface area contributed by atoms with E-state index in [1.807, 2.05) is 12.1 Å². The molecule has 1 unspecified atom stereocenters. The number of hydrogen-bond acceptors (Lipinski definition) is 4. The van der Waals surface area contributed by atoms with Crippen molar-refractivity contribution in [1.82, 2.24) is 10.2 Å². The van der Waals surface area contributed by atoms with E-state index in [4.69, 9.17) is 9.47 Å². The van der Waals surface area contributed by atoms with Crippen LogP contribution in [0.15, 0.2) is 42.0 Å². The maximum Gasteiger partial charge on any atom is 0.233 e. The number of nitrogens with one attached hydrogen (secondary N) is 1. The van der Waals surface area contributed by atoms with E-state index < -0.39 is 5.60 Å². The molecule has 2 aliphatic rings. The summed E-state index contributed by atoms with van der Waals surface area (Å²) < 4.78 is 25.6. The third-order valence-electron chi connectivity index (χ3n) is 7.36. The van der Waals surface area contributed by atoms with Gasteiger partial charge in [-0.1, -0.05) is 19.1 Å². The number of hydrogen-bond donors (Lipinski definition) is 1. The van der Waals surface area contributed by atoms with Gasteiger partial charge in [-0.05, 0) is 92.0 Å². The predicted molar refractivity (Wildman–Crippen MR) is 137 cm³/mol. The number of carbonyl (C=O) groups excluding carboxylic acids is 1. The van der Waals surface area contributed by atoms with Crippen LogP contribution in [0.25, 0.3) is 5.57 Å². The summed E-state index contributed by atoms with van der Waals surface area (Å²) in [6, 6.07) is 11.1. The highest BCUT2D eigenvalue weighted by atomic mass is 19.1. The summed E-state index contributed by atoms with van der Waals surface area (Å²) in [6.45, 7) is 8.41. The molecule has 6 heteroatoms. The molecule has 0 radical (unpaired) electrons. The Kier molecular flexibility index (Phi) is 7.50. The van der Waals surface area contributed by atoms with E-state index in [9.17, 15) is 9.18 Å². The molecular formula is C29H37FN2O3. The van der Waals surface area contributed by atoms with Crippen LogP contribution in [-0.2, 0) is 11.2 Å². The Morgan fingerprint density at radius 3 is 2.69 bits per heavy atom. The van der Waals surface area contributed by atoms with Gasteiger partial charge in [-0.3, -0.25) is 9.69 Å². The molecule has 0 aliphatic carbocycles. The molecule has 2 heterocycles. The third-order valence-corrected chi connectivity index (χ3v) is 7.36. The number of likely N-dealkylation sites (N-methyl/N-ethyl adjacent to an activating group) is 1. The van der Waals surface area contributed by atoms with Crippen LogP contribution in [0.1, 0.15) is 62.6 Å². The van der Waals surface area contributed by atoms with Gasteiger partial charge in [0.05, 0.1) is 19.2 Å². The lowest BCUT2D eigenvalue weighted by molar-refractivity contribution is -0.121. The van der Waals surface area contributed by atoms with Gasteiger partial charge in [0.2, 0.25) is 5.91 Å². The summed E-state index contributed by atoms with van der Waals surface area (Å²) >= 11 is 0. The van der Waals surface area contributed by atoms with Gasteiger partial charge < -0.3 is 14.8 Å². The molecule has 2 aromatic carbocycles. The Balaban J connectivity index is 1.57. The number of amides is 1.